The molecule has 5 rings (SSSR count). The van der Waals surface area contributed by atoms with Gasteiger partial charge in [-0.15, -0.1) is 0 Å². The molecule has 0 aromatic carbocycles. The lowest BCUT2D eigenvalue weighted by molar-refractivity contribution is -0.126. The normalized spacial score (nSPS) is 32.1. The highest BCUT2D eigenvalue weighted by Gasteiger charge is 2.53. The lowest BCUT2D eigenvalue weighted by atomic mass is 9.48. The van der Waals surface area contributed by atoms with Crippen LogP contribution in [0.15, 0.2) is 4.79 Å². The number of nitrogens with one attached hydrogen (secondary N) is 1. The average Bonchev–Trinajstić information content (AvgIpc) is 2.59. The van der Waals surface area contributed by atoms with Gasteiger partial charge >= 0.3 is 0 Å². The zero-order valence-corrected chi connectivity index (χ0v) is 16.4. The van der Waals surface area contributed by atoms with Crippen molar-refractivity contribution in [1.29, 1.82) is 5.26 Å². The highest BCUT2D eigenvalue weighted by Crippen LogP contribution is 2.61. The van der Waals surface area contributed by atoms with Crippen LogP contribution in [0, 0.1) is 48.3 Å². The molecule has 6 nitrogen and oxygen atoms in total. The maximum Gasteiger partial charge on any atom is 0.285 e. The number of aryl methyl sites for hydroxylation is 1. The second-order valence-electron chi connectivity index (χ2n) is 9.23. The molecule has 1 aromatic heterocycles. The summed E-state index contributed by atoms with van der Waals surface area (Å²) in [5.41, 5.74) is 1.00. The van der Waals surface area contributed by atoms with Gasteiger partial charge in [-0.3, -0.25) is 9.59 Å². The van der Waals surface area contributed by atoms with Crippen molar-refractivity contribution in [3.8, 4) is 6.07 Å². The molecular weight excluding hydrogens is 340 g/mol. The number of nitriles is 1. The molecule has 27 heavy (non-hydrogen) atoms. The van der Waals surface area contributed by atoms with Gasteiger partial charge in [0, 0.05) is 6.04 Å². The molecule has 6 heteroatoms. The van der Waals surface area contributed by atoms with Crippen LogP contribution in [-0.2, 0) is 11.3 Å². The van der Waals surface area contributed by atoms with Crippen LogP contribution in [0.3, 0.4) is 0 Å². The van der Waals surface area contributed by atoms with Crippen molar-refractivity contribution in [2.24, 2.45) is 23.2 Å². The maximum atomic E-state index is 12.7. The Hall–Kier alpha value is -2.16. The number of amides is 1. The Balaban J connectivity index is 1.48. The monoisotopic (exact) mass is 368 g/mol. The summed E-state index contributed by atoms with van der Waals surface area (Å²) in [6, 6.07) is 2.05. The Bertz CT molecular complexity index is 844. The number of aromatic nitrogens is 2. The summed E-state index contributed by atoms with van der Waals surface area (Å²) < 4.78 is 1.13. The Labute approximate surface area is 160 Å². The first-order valence-electron chi connectivity index (χ1n) is 10.1. The van der Waals surface area contributed by atoms with E-state index >= 15 is 0 Å². The van der Waals surface area contributed by atoms with Gasteiger partial charge < -0.3 is 5.32 Å². The standard InChI is InChI=1S/C21H28N4O2/c1-12-13(2)24-25(20(27)18(12)10-22)11-19(26)23-14(3)21-7-15-4-16(8-21)6-17(5-15)9-21/h14-17H,4-9,11H2,1-3H3,(H,23,26)/t14-,15?,16?,17?,21?/m0/s1. The molecule has 4 saturated carbocycles. The maximum absolute atomic E-state index is 12.7. The predicted octanol–water partition coefficient (Wildman–Crippen LogP) is 2.45. The van der Waals surface area contributed by atoms with E-state index in [1.54, 1.807) is 13.8 Å². The third-order valence-corrected chi connectivity index (χ3v) is 7.42. The fourth-order valence-corrected chi connectivity index (χ4v) is 6.29. The number of carbonyl (C=O) groups is 1. The minimum atomic E-state index is -0.488. The molecule has 4 fully saturated rings. The molecular formula is C21H28N4O2. The summed E-state index contributed by atoms with van der Waals surface area (Å²) in [7, 11) is 0. The fourth-order valence-electron chi connectivity index (χ4n) is 6.29. The topological polar surface area (TPSA) is 87.8 Å². The molecule has 1 atom stereocenters. The summed E-state index contributed by atoms with van der Waals surface area (Å²) in [6.07, 6.45) is 7.79. The van der Waals surface area contributed by atoms with Crippen molar-refractivity contribution in [2.75, 3.05) is 0 Å². The lowest BCUT2D eigenvalue weighted by Crippen LogP contribution is -2.56. The van der Waals surface area contributed by atoms with E-state index in [4.69, 9.17) is 0 Å². The highest BCUT2D eigenvalue weighted by atomic mass is 16.2. The largest absolute Gasteiger partial charge is 0.351 e. The van der Waals surface area contributed by atoms with Crippen LogP contribution in [0.2, 0.25) is 0 Å². The average molecular weight is 368 g/mol. The van der Waals surface area contributed by atoms with Crippen LogP contribution >= 0.6 is 0 Å². The molecule has 4 bridgehead atoms. The van der Waals surface area contributed by atoms with E-state index in [-0.39, 0.29) is 29.5 Å². The second kappa shape index (κ2) is 6.47. The van der Waals surface area contributed by atoms with Gasteiger partial charge in [-0.25, -0.2) is 4.68 Å². The van der Waals surface area contributed by atoms with Gasteiger partial charge in [-0.2, -0.15) is 10.4 Å². The number of rotatable bonds is 4. The van der Waals surface area contributed by atoms with Crippen LogP contribution < -0.4 is 10.9 Å². The van der Waals surface area contributed by atoms with E-state index in [0.717, 1.165) is 22.4 Å². The third-order valence-electron chi connectivity index (χ3n) is 7.42. The van der Waals surface area contributed by atoms with Crippen molar-refractivity contribution >= 4 is 5.91 Å². The summed E-state index contributed by atoms with van der Waals surface area (Å²) in [6.45, 7) is 5.46. The van der Waals surface area contributed by atoms with Gasteiger partial charge in [-0.05, 0) is 88.0 Å². The van der Waals surface area contributed by atoms with E-state index < -0.39 is 5.56 Å². The molecule has 1 amide bonds. The van der Waals surface area contributed by atoms with Gasteiger partial charge in [0.2, 0.25) is 5.91 Å². The lowest BCUT2D eigenvalue weighted by Gasteiger charge is -2.59. The molecule has 0 saturated heterocycles. The SMILES string of the molecule is Cc1nn(CC(=O)N[C@@H](C)C23CC4CC(CC(C4)C2)C3)c(=O)c(C#N)c1C. The molecule has 144 valence electrons. The predicted molar refractivity (Wildman–Crippen MR) is 101 cm³/mol. The van der Waals surface area contributed by atoms with E-state index in [2.05, 4.69) is 17.3 Å². The van der Waals surface area contributed by atoms with Gasteiger partial charge in [0.25, 0.3) is 5.56 Å². The summed E-state index contributed by atoms with van der Waals surface area (Å²) in [4.78, 5) is 25.1. The first-order valence-corrected chi connectivity index (χ1v) is 10.1. The summed E-state index contributed by atoms with van der Waals surface area (Å²) >= 11 is 0. The molecule has 0 unspecified atom stereocenters. The minimum absolute atomic E-state index is 0.0735. The van der Waals surface area contributed by atoms with E-state index in [9.17, 15) is 14.9 Å². The molecule has 1 heterocycles. The third kappa shape index (κ3) is 3.07. The first-order chi connectivity index (χ1) is 12.8. The smallest absolute Gasteiger partial charge is 0.285 e. The summed E-state index contributed by atoms with van der Waals surface area (Å²) in [5, 5.41) is 16.6. The van der Waals surface area contributed by atoms with Gasteiger partial charge in [-0.1, -0.05) is 0 Å². The van der Waals surface area contributed by atoms with E-state index in [1.165, 1.54) is 38.5 Å². The molecule has 0 aliphatic heterocycles. The zero-order chi connectivity index (χ0) is 19.3. The Kier molecular flexibility index (Phi) is 4.37. The molecule has 1 N–H and O–H groups in total. The highest BCUT2D eigenvalue weighted by molar-refractivity contribution is 5.76. The van der Waals surface area contributed by atoms with Gasteiger partial charge in [0.1, 0.15) is 18.2 Å². The molecule has 1 aromatic rings. The Morgan fingerprint density at radius 1 is 1.26 bits per heavy atom. The van der Waals surface area contributed by atoms with Crippen LogP contribution in [-0.4, -0.2) is 21.7 Å². The number of hydrogen-bond donors (Lipinski definition) is 1. The molecule has 0 spiro atoms. The van der Waals surface area contributed by atoms with Crippen LogP contribution in [0.5, 0.6) is 0 Å². The Morgan fingerprint density at radius 3 is 2.33 bits per heavy atom. The van der Waals surface area contributed by atoms with Crippen LogP contribution in [0.25, 0.3) is 0 Å². The fraction of sp³-hybridized carbons (Fsp3) is 0.714. The number of hydrogen-bond acceptors (Lipinski definition) is 4. The molecule has 0 radical (unpaired) electrons. The molecule has 4 aliphatic carbocycles. The second-order valence-corrected chi connectivity index (χ2v) is 9.23. The zero-order valence-electron chi connectivity index (χ0n) is 16.4. The van der Waals surface area contributed by atoms with Crippen LogP contribution in [0.1, 0.15) is 62.3 Å². The van der Waals surface area contributed by atoms with E-state index in [1.807, 2.05) is 6.07 Å². The number of carbonyl (C=O) groups excluding carboxylic acids is 1. The first kappa shape index (κ1) is 18.2. The van der Waals surface area contributed by atoms with Crippen molar-refractivity contribution < 1.29 is 4.79 Å². The quantitative estimate of drug-likeness (QED) is 0.884. The van der Waals surface area contributed by atoms with Crippen LogP contribution in [0.4, 0.5) is 0 Å². The number of nitrogens with zero attached hydrogens (tertiary/aromatic N) is 3. The molecule has 4 aliphatic rings. The minimum Gasteiger partial charge on any atom is -0.351 e. The van der Waals surface area contributed by atoms with E-state index in [0.29, 0.717) is 11.3 Å². The van der Waals surface area contributed by atoms with Crippen molar-refractivity contribution in [3.05, 3.63) is 27.2 Å². The summed E-state index contributed by atoms with van der Waals surface area (Å²) in [5.74, 6) is 2.30. The van der Waals surface area contributed by atoms with Crippen molar-refractivity contribution in [2.45, 2.75) is 71.9 Å². The van der Waals surface area contributed by atoms with Gasteiger partial charge in [0.05, 0.1) is 5.69 Å². The Morgan fingerprint density at radius 2 is 1.81 bits per heavy atom. The van der Waals surface area contributed by atoms with Crippen molar-refractivity contribution in [1.82, 2.24) is 15.1 Å². The van der Waals surface area contributed by atoms with Crippen molar-refractivity contribution in [3.63, 3.8) is 0 Å². The van der Waals surface area contributed by atoms with Gasteiger partial charge in [0.15, 0.2) is 0 Å².